The number of hydrogen-bond donors (Lipinski definition) is 2. The molecular formula is C18H14F2N4OS. The highest BCUT2D eigenvalue weighted by atomic mass is 32.1. The van der Waals surface area contributed by atoms with Gasteiger partial charge in [0.15, 0.2) is 5.65 Å². The zero-order valence-electron chi connectivity index (χ0n) is 13.5. The fraction of sp³-hybridized carbons (Fsp3) is 0.278. The molecule has 1 saturated carbocycles. The van der Waals surface area contributed by atoms with E-state index >= 15 is 0 Å². The number of aromatic amines is 1. The number of pyridine rings is 2. The molecule has 1 aliphatic carbocycles. The lowest BCUT2D eigenvalue weighted by molar-refractivity contribution is -0.141. The molecule has 132 valence electrons. The fourth-order valence-corrected chi connectivity index (χ4v) is 4.49. The molecule has 5 nitrogen and oxygen atoms in total. The standard InChI is InChI=1S/C18H14F2N4OS/c19-18(20)5-12(6-18)15(25)14-4-9-1-2-13(23-17(9)26-14)10-3-11-8-22-24-16(11)21-7-10/h1-4,7-8,12,15,25H,5-6H2,(H,21,22,24)/t15-/m0/s1. The summed E-state index contributed by atoms with van der Waals surface area (Å²) < 4.78 is 26.1. The third-order valence-corrected chi connectivity index (χ3v) is 5.96. The molecule has 0 aliphatic heterocycles. The third kappa shape index (κ3) is 2.57. The van der Waals surface area contributed by atoms with Crippen LogP contribution in [0.2, 0.25) is 0 Å². The average Bonchev–Trinajstić information content (AvgIpc) is 3.23. The van der Waals surface area contributed by atoms with Crippen molar-refractivity contribution in [3.63, 3.8) is 0 Å². The molecule has 0 saturated heterocycles. The summed E-state index contributed by atoms with van der Waals surface area (Å²) >= 11 is 1.35. The van der Waals surface area contributed by atoms with E-state index in [0.717, 1.165) is 26.9 Å². The number of nitrogens with zero attached hydrogens (tertiary/aromatic N) is 3. The number of alkyl halides is 2. The lowest BCUT2D eigenvalue weighted by atomic mass is 9.77. The number of rotatable bonds is 3. The summed E-state index contributed by atoms with van der Waals surface area (Å²) in [6.07, 6.45) is 2.07. The Morgan fingerprint density at radius 3 is 2.85 bits per heavy atom. The van der Waals surface area contributed by atoms with Crippen LogP contribution in [0.15, 0.2) is 36.7 Å². The smallest absolute Gasteiger partial charge is 0.248 e. The Morgan fingerprint density at radius 1 is 1.19 bits per heavy atom. The number of thiophene rings is 1. The first kappa shape index (κ1) is 15.8. The van der Waals surface area contributed by atoms with Crippen molar-refractivity contribution in [1.29, 1.82) is 0 Å². The van der Waals surface area contributed by atoms with Crippen LogP contribution >= 0.6 is 11.3 Å². The predicted molar refractivity (Wildman–Crippen MR) is 95.1 cm³/mol. The molecule has 4 aromatic rings. The Bertz CT molecular complexity index is 1110. The third-order valence-electron chi connectivity index (χ3n) is 4.85. The van der Waals surface area contributed by atoms with Crippen molar-refractivity contribution in [2.24, 2.45) is 5.92 Å². The monoisotopic (exact) mass is 372 g/mol. The Kier molecular flexibility index (Phi) is 3.35. The van der Waals surface area contributed by atoms with Crippen molar-refractivity contribution in [1.82, 2.24) is 20.2 Å². The largest absolute Gasteiger partial charge is 0.387 e. The van der Waals surface area contributed by atoms with Gasteiger partial charge in [-0.15, -0.1) is 11.3 Å². The maximum absolute atomic E-state index is 13.1. The van der Waals surface area contributed by atoms with E-state index in [0.29, 0.717) is 10.5 Å². The quantitative estimate of drug-likeness (QED) is 0.562. The SMILES string of the molecule is O[C@H](c1cc2ccc(-c3cnc4[nH]ncc4c3)nc2s1)C1CC(F)(F)C1. The zero-order chi connectivity index (χ0) is 17.9. The summed E-state index contributed by atoms with van der Waals surface area (Å²) in [5.74, 6) is -3.02. The maximum atomic E-state index is 13.1. The van der Waals surface area contributed by atoms with Crippen molar-refractivity contribution >= 4 is 32.6 Å². The molecule has 0 radical (unpaired) electrons. The van der Waals surface area contributed by atoms with E-state index < -0.39 is 12.0 Å². The highest BCUT2D eigenvalue weighted by Crippen LogP contribution is 2.49. The average molecular weight is 372 g/mol. The van der Waals surface area contributed by atoms with E-state index in [2.05, 4.69) is 20.2 Å². The second-order valence-electron chi connectivity index (χ2n) is 6.74. The molecule has 5 rings (SSSR count). The summed E-state index contributed by atoms with van der Waals surface area (Å²) in [7, 11) is 0. The first-order valence-electron chi connectivity index (χ1n) is 8.24. The topological polar surface area (TPSA) is 74.7 Å². The Morgan fingerprint density at radius 2 is 2.04 bits per heavy atom. The Balaban J connectivity index is 1.48. The lowest BCUT2D eigenvalue weighted by Gasteiger charge is -2.37. The molecule has 1 aliphatic rings. The number of halogens is 2. The minimum absolute atomic E-state index is 0.253. The number of hydrogen-bond acceptors (Lipinski definition) is 5. The molecule has 0 aromatic carbocycles. The molecule has 4 heterocycles. The Labute approximate surface area is 150 Å². The predicted octanol–water partition coefficient (Wildman–Crippen LogP) is 4.31. The molecule has 0 spiro atoms. The van der Waals surface area contributed by atoms with E-state index in [1.165, 1.54) is 11.3 Å². The van der Waals surface area contributed by atoms with Gasteiger partial charge in [0, 0.05) is 46.2 Å². The van der Waals surface area contributed by atoms with Gasteiger partial charge in [-0.05, 0) is 24.3 Å². The van der Waals surface area contributed by atoms with Gasteiger partial charge in [0.25, 0.3) is 0 Å². The van der Waals surface area contributed by atoms with E-state index in [4.69, 9.17) is 0 Å². The minimum atomic E-state index is -2.63. The number of aromatic nitrogens is 4. The van der Waals surface area contributed by atoms with Gasteiger partial charge in [0.2, 0.25) is 5.92 Å². The fourth-order valence-electron chi connectivity index (χ4n) is 3.38. The summed E-state index contributed by atoms with van der Waals surface area (Å²) in [4.78, 5) is 10.4. The summed E-state index contributed by atoms with van der Waals surface area (Å²) in [5.41, 5.74) is 2.36. The first-order valence-corrected chi connectivity index (χ1v) is 9.06. The van der Waals surface area contributed by atoms with Crippen LogP contribution in [0.5, 0.6) is 0 Å². The Hall–Kier alpha value is -2.45. The van der Waals surface area contributed by atoms with Crippen molar-refractivity contribution in [2.45, 2.75) is 24.9 Å². The van der Waals surface area contributed by atoms with Crippen LogP contribution in [0.4, 0.5) is 8.78 Å². The van der Waals surface area contributed by atoms with Gasteiger partial charge >= 0.3 is 0 Å². The number of aliphatic hydroxyl groups excluding tert-OH is 1. The van der Waals surface area contributed by atoms with Crippen LogP contribution < -0.4 is 0 Å². The highest BCUT2D eigenvalue weighted by molar-refractivity contribution is 7.18. The zero-order valence-corrected chi connectivity index (χ0v) is 14.3. The molecule has 1 fully saturated rings. The molecule has 26 heavy (non-hydrogen) atoms. The van der Waals surface area contributed by atoms with E-state index in [9.17, 15) is 13.9 Å². The van der Waals surface area contributed by atoms with E-state index in [-0.39, 0.29) is 18.8 Å². The normalized spacial score (nSPS) is 18.3. The second-order valence-corrected chi connectivity index (χ2v) is 7.80. The summed E-state index contributed by atoms with van der Waals surface area (Å²) in [5, 5.41) is 19.0. The van der Waals surface area contributed by atoms with Crippen molar-refractivity contribution in [3.05, 3.63) is 41.5 Å². The molecule has 0 amide bonds. The van der Waals surface area contributed by atoms with Gasteiger partial charge in [0.05, 0.1) is 18.0 Å². The highest BCUT2D eigenvalue weighted by Gasteiger charge is 2.48. The maximum Gasteiger partial charge on any atom is 0.248 e. The van der Waals surface area contributed by atoms with Crippen LogP contribution in [0.3, 0.4) is 0 Å². The second kappa shape index (κ2) is 5.52. The van der Waals surface area contributed by atoms with Gasteiger partial charge in [-0.25, -0.2) is 18.7 Å². The molecule has 2 N–H and O–H groups in total. The molecule has 0 bridgehead atoms. The van der Waals surface area contributed by atoms with Crippen LogP contribution in [0.1, 0.15) is 23.8 Å². The van der Waals surface area contributed by atoms with Gasteiger partial charge in [-0.2, -0.15) is 5.10 Å². The summed E-state index contributed by atoms with van der Waals surface area (Å²) in [6.45, 7) is 0. The van der Waals surface area contributed by atoms with E-state index in [1.54, 1.807) is 12.4 Å². The first-order chi connectivity index (χ1) is 12.5. The van der Waals surface area contributed by atoms with Crippen LogP contribution in [-0.4, -0.2) is 31.2 Å². The molecule has 4 aromatic heterocycles. The van der Waals surface area contributed by atoms with Crippen molar-refractivity contribution in [3.8, 4) is 11.3 Å². The molecule has 0 unspecified atom stereocenters. The summed E-state index contributed by atoms with van der Waals surface area (Å²) in [6, 6.07) is 7.63. The van der Waals surface area contributed by atoms with Crippen LogP contribution in [0, 0.1) is 5.92 Å². The van der Waals surface area contributed by atoms with Crippen molar-refractivity contribution in [2.75, 3.05) is 0 Å². The van der Waals surface area contributed by atoms with Gasteiger partial charge in [-0.1, -0.05) is 0 Å². The number of fused-ring (bicyclic) bond motifs is 2. The minimum Gasteiger partial charge on any atom is -0.387 e. The molecular weight excluding hydrogens is 358 g/mol. The number of aliphatic hydroxyl groups is 1. The number of H-pyrrole nitrogens is 1. The van der Waals surface area contributed by atoms with Crippen molar-refractivity contribution < 1.29 is 13.9 Å². The van der Waals surface area contributed by atoms with Gasteiger partial charge < -0.3 is 5.11 Å². The molecule has 8 heteroatoms. The van der Waals surface area contributed by atoms with Crippen LogP contribution in [-0.2, 0) is 0 Å². The van der Waals surface area contributed by atoms with Gasteiger partial charge in [-0.3, -0.25) is 5.10 Å². The van der Waals surface area contributed by atoms with E-state index in [1.807, 2.05) is 24.3 Å². The van der Waals surface area contributed by atoms with Crippen LogP contribution in [0.25, 0.3) is 32.5 Å². The lowest BCUT2D eigenvalue weighted by Crippen LogP contribution is -2.38. The van der Waals surface area contributed by atoms with Gasteiger partial charge in [0.1, 0.15) is 4.83 Å². The number of nitrogens with one attached hydrogen (secondary N) is 1. The molecule has 1 atom stereocenters.